The minimum absolute atomic E-state index is 0.435. The summed E-state index contributed by atoms with van der Waals surface area (Å²) in [5, 5.41) is 11.0. The van der Waals surface area contributed by atoms with Gasteiger partial charge < -0.3 is 9.84 Å². The third-order valence-corrected chi connectivity index (χ3v) is 7.25. The summed E-state index contributed by atoms with van der Waals surface area (Å²) in [7, 11) is 1.70. The average molecular weight is 359 g/mol. The molecule has 2 aliphatic carbocycles. The quantitative estimate of drug-likeness (QED) is 0.633. The Labute approximate surface area is 160 Å². The molecular weight excluding hydrogens is 320 g/mol. The van der Waals surface area contributed by atoms with Gasteiger partial charge in [0.2, 0.25) is 0 Å². The lowest BCUT2D eigenvalue weighted by atomic mass is 9.67. The highest BCUT2D eigenvalue weighted by molar-refractivity contribution is 5.27. The van der Waals surface area contributed by atoms with Crippen molar-refractivity contribution in [3.63, 3.8) is 0 Å². The fourth-order valence-corrected chi connectivity index (χ4v) is 5.42. The molecule has 0 radical (unpaired) electrons. The number of aliphatic hydroxyl groups is 1. The zero-order chi connectivity index (χ0) is 18.4. The van der Waals surface area contributed by atoms with Crippen molar-refractivity contribution in [2.24, 2.45) is 17.8 Å². The van der Waals surface area contributed by atoms with Crippen LogP contribution in [0.1, 0.15) is 83.1 Å². The zero-order valence-electron chi connectivity index (χ0n) is 16.9. The van der Waals surface area contributed by atoms with Crippen molar-refractivity contribution in [2.75, 3.05) is 7.11 Å². The van der Waals surface area contributed by atoms with Crippen molar-refractivity contribution in [2.45, 2.75) is 89.6 Å². The van der Waals surface area contributed by atoms with Gasteiger partial charge in [0.05, 0.1) is 12.7 Å². The van der Waals surface area contributed by atoms with Crippen LogP contribution in [-0.4, -0.2) is 17.8 Å². The number of ether oxygens (including phenoxy) is 1. The van der Waals surface area contributed by atoms with Gasteiger partial charge in [-0.1, -0.05) is 44.7 Å². The molecule has 146 valence electrons. The maximum Gasteiger partial charge on any atom is 0.118 e. The Balaban J connectivity index is 1.42. The molecule has 2 nitrogen and oxygen atoms in total. The largest absolute Gasteiger partial charge is 0.497 e. The lowest BCUT2D eigenvalue weighted by Gasteiger charge is -2.41. The third-order valence-electron chi connectivity index (χ3n) is 7.25. The van der Waals surface area contributed by atoms with Gasteiger partial charge in [0, 0.05) is 0 Å². The highest BCUT2D eigenvalue weighted by Gasteiger charge is 2.36. The molecule has 0 aromatic heterocycles. The number of hydrogen-bond acceptors (Lipinski definition) is 2. The average Bonchev–Trinajstić information content (AvgIpc) is 2.68. The van der Waals surface area contributed by atoms with Gasteiger partial charge in [-0.2, -0.15) is 0 Å². The molecule has 26 heavy (non-hydrogen) atoms. The lowest BCUT2D eigenvalue weighted by molar-refractivity contribution is -0.0274. The Morgan fingerprint density at radius 2 is 1.58 bits per heavy atom. The maximum absolute atomic E-state index is 11.0. The number of aryl methyl sites for hydroxylation is 1. The van der Waals surface area contributed by atoms with E-state index in [1.54, 1.807) is 7.11 Å². The van der Waals surface area contributed by atoms with Crippen molar-refractivity contribution < 1.29 is 9.84 Å². The van der Waals surface area contributed by atoms with Crippen LogP contribution in [0.3, 0.4) is 0 Å². The Kier molecular flexibility index (Phi) is 7.03. The molecule has 0 unspecified atom stereocenters. The summed E-state index contributed by atoms with van der Waals surface area (Å²) in [5.74, 6) is 3.72. The first-order chi connectivity index (χ1) is 12.6. The summed E-state index contributed by atoms with van der Waals surface area (Å²) in [5.41, 5.74) is 0.867. The molecule has 1 N–H and O–H groups in total. The topological polar surface area (TPSA) is 29.5 Å². The zero-order valence-corrected chi connectivity index (χ0v) is 16.9. The molecular formula is C24H38O2. The van der Waals surface area contributed by atoms with Gasteiger partial charge in [-0.3, -0.25) is 0 Å². The number of benzene rings is 1. The molecule has 2 saturated carbocycles. The number of methoxy groups -OCH3 is 1. The molecule has 0 aliphatic heterocycles. The predicted octanol–water partition coefficient (Wildman–Crippen LogP) is 6.16. The number of rotatable bonds is 7. The molecule has 0 heterocycles. The first-order valence-corrected chi connectivity index (χ1v) is 11.0. The highest BCUT2D eigenvalue weighted by atomic mass is 16.5. The van der Waals surface area contributed by atoms with Gasteiger partial charge in [-0.15, -0.1) is 0 Å². The molecule has 0 amide bonds. The SMILES string of the molecule is CCCC1CCC(C2CCC(O)(CCc3ccc(OC)cc3)CC2)CC1. The molecule has 2 heteroatoms. The Morgan fingerprint density at radius 3 is 2.15 bits per heavy atom. The van der Waals surface area contributed by atoms with E-state index in [1.807, 2.05) is 12.1 Å². The summed E-state index contributed by atoms with van der Waals surface area (Å²) in [6.07, 6.45) is 14.9. The van der Waals surface area contributed by atoms with Crippen LogP contribution in [-0.2, 0) is 6.42 Å². The van der Waals surface area contributed by atoms with Crippen LogP contribution in [0.4, 0.5) is 0 Å². The second kappa shape index (κ2) is 9.26. The van der Waals surface area contributed by atoms with E-state index in [0.717, 1.165) is 49.2 Å². The molecule has 2 fully saturated rings. The molecule has 2 aliphatic rings. The van der Waals surface area contributed by atoms with Gasteiger partial charge in [0.15, 0.2) is 0 Å². The van der Waals surface area contributed by atoms with E-state index in [-0.39, 0.29) is 0 Å². The minimum atomic E-state index is -0.435. The van der Waals surface area contributed by atoms with Crippen LogP contribution < -0.4 is 4.74 Å². The van der Waals surface area contributed by atoms with Crippen molar-refractivity contribution in [1.29, 1.82) is 0 Å². The van der Waals surface area contributed by atoms with Crippen LogP contribution in [0.5, 0.6) is 5.75 Å². The minimum Gasteiger partial charge on any atom is -0.497 e. The van der Waals surface area contributed by atoms with Crippen molar-refractivity contribution in [3.8, 4) is 5.75 Å². The van der Waals surface area contributed by atoms with Gasteiger partial charge in [-0.05, 0) is 86.8 Å². The van der Waals surface area contributed by atoms with E-state index in [0.29, 0.717) is 0 Å². The Bertz CT molecular complexity index is 520. The van der Waals surface area contributed by atoms with Crippen LogP contribution >= 0.6 is 0 Å². The lowest BCUT2D eigenvalue weighted by Crippen LogP contribution is -2.37. The normalized spacial score (nSPS) is 32.3. The maximum atomic E-state index is 11.0. The summed E-state index contributed by atoms with van der Waals surface area (Å²) in [6, 6.07) is 8.29. The molecule has 0 bridgehead atoms. The molecule has 3 rings (SSSR count). The molecule has 1 aromatic rings. The standard InChI is InChI=1S/C24H38O2/c1-3-4-19-5-9-21(10-6-19)22-14-17-24(25,18-15-22)16-13-20-7-11-23(26-2)12-8-20/h7-8,11-12,19,21-22,25H,3-6,9-10,13-18H2,1-2H3. The van der Waals surface area contributed by atoms with Gasteiger partial charge in [0.25, 0.3) is 0 Å². The van der Waals surface area contributed by atoms with Gasteiger partial charge >= 0.3 is 0 Å². The second-order valence-corrected chi connectivity index (χ2v) is 8.98. The van der Waals surface area contributed by atoms with E-state index in [1.165, 1.54) is 56.9 Å². The molecule has 0 spiro atoms. The van der Waals surface area contributed by atoms with E-state index >= 15 is 0 Å². The third kappa shape index (κ3) is 5.25. The monoisotopic (exact) mass is 358 g/mol. The fraction of sp³-hybridized carbons (Fsp3) is 0.750. The van der Waals surface area contributed by atoms with E-state index in [4.69, 9.17) is 4.74 Å². The van der Waals surface area contributed by atoms with Crippen LogP contribution in [0, 0.1) is 17.8 Å². The van der Waals surface area contributed by atoms with E-state index in [2.05, 4.69) is 19.1 Å². The Morgan fingerprint density at radius 1 is 0.962 bits per heavy atom. The smallest absolute Gasteiger partial charge is 0.118 e. The molecule has 0 atom stereocenters. The summed E-state index contributed by atoms with van der Waals surface area (Å²) in [4.78, 5) is 0. The van der Waals surface area contributed by atoms with E-state index in [9.17, 15) is 5.11 Å². The van der Waals surface area contributed by atoms with E-state index < -0.39 is 5.60 Å². The number of hydrogen-bond donors (Lipinski definition) is 1. The first-order valence-electron chi connectivity index (χ1n) is 11.0. The summed E-state index contributed by atoms with van der Waals surface area (Å²) < 4.78 is 5.22. The molecule has 1 aromatic carbocycles. The van der Waals surface area contributed by atoms with Crippen LogP contribution in [0.15, 0.2) is 24.3 Å². The second-order valence-electron chi connectivity index (χ2n) is 8.98. The fourth-order valence-electron chi connectivity index (χ4n) is 5.42. The predicted molar refractivity (Wildman–Crippen MR) is 109 cm³/mol. The highest BCUT2D eigenvalue weighted by Crippen LogP contribution is 2.44. The van der Waals surface area contributed by atoms with Crippen molar-refractivity contribution in [1.82, 2.24) is 0 Å². The first kappa shape index (κ1) is 19.7. The van der Waals surface area contributed by atoms with Crippen molar-refractivity contribution >= 4 is 0 Å². The molecule has 0 saturated heterocycles. The van der Waals surface area contributed by atoms with Crippen LogP contribution in [0.25, 0.3) is 0 Å². The van der Waals surface area contributed by atoms with Gasteiger partial charge in [-0.25, -0.2) is 0 Å². The summed E-state index contributed by atoms with van der Waals surface area (Å²) >= 11 is 0. The summed E-state index contributed by atoms with van der Waals surface area (Å²) in [6.45, 7) is 2.32. The Hall–Kier alpha value is -1.02. The van der Waals surface area contributed by atoms with Crippen molar-refractivity contribution in [3.05, 3.63) is 29.8 Å². The van der Waals surface area contributed by atoms with Gasteiger partial charge in [0.1, 0.15) is 5.75 Å². The van der Waals surface area contributed by atoms with Crippen LogP contribution in [0.2, 0.25) is 0 Å².